The second kappa shape index (κ2) is 13.4. The van der Waals surface area contributed by atoms with E-state index in [9.17, 15) is 9.59 Å². The van der Waals surface area contributed by atoms with Gasteiger partial charge in [0.25, 0.3) is 0 Å². The third-order valence-corrected chi connectivity index (χ3v) is 4.53. The maximum atomic E-state index is 12.0. The van der Waals surface area contributed by atoms with Crippen molar-refractivity contribution in [2.45, 2.75) is 6.42 Å². The van der Waals surface area contributed by atoms with Crippen molar-refractivity contribution in [1.29, 1.82) is 0 Å². The lowest BCUT2D eigenvalue weighted by Crippen LogP contribution is -2.01. The molecule has 0 N–H and O–H groups in total. The molecule has 2 rings (SSSR count). The second-order valence-electron chi connectivity index (χ2n) is 6.77. The van der Waals surface area contributed by atoms with E-state index in [2.05, 4.69) is 0 Å². The number of ether oxygens (including phenoxy) is 4. The normalized spacial score (nSPS) is 11.5. The van der Waals surface area contributed by atoms with E-state index < -0.39 is 0 Å². The van der Waals surface area contributed by atoms with Crippen molar-refractivity contribution in [3.05, 3.63) is 84.0 Å². The van der Waals surface area contributed by atoms with Gasteiger partial charge in [0.15, 0.2) is 34.6 Å². The summed E-state index contributed by atoms with van der Waals surface area (Å²) in [5.41, 5.74) is 1.79. The van der Waals surface area contributed by atoms with Crippen LogP contribution >= 0.6 is 0 Å². The van der Waals surface area contributed by atoms with Crippen LogP contribution in [0.4, 0.5) is 0 Å². The lowest BCUT2D eigenvalue weighted by Gasteiger charge is -2.07. The maximum absolute atomic E-state index is 12.0. The first-order valence-electron chi connectivity index (χ1n) is 10.2. The largest absolute Gasteiger partial charge is 0.493 e. The molecule has 33 heavy (non-hydrogen) atoms. The van der Waals surface area contributed by atoms with Gasteiger partial charge in [0.1, 0.15) is 0 Å². The Morgan fingerprint density at radius 3 is 1.36 bits per heavy atom. The topological polar surface area (TPSA) is 71.1 Å². The summed E-state index contributed by atoms with van der Waals surface area (Å²) in [6.45, 7) is 0. The Morgan fingerprint density at radius 2 is 1.00 bits per heavy atom. The average Bonchev–Trinajstić information content (AvgIpc) is 2.84. The highest BCUT2D eigenvalue weighted by Gasteiger charge is 2.04. The van der Waals surface area contributed by atoms with E-state index in [-0.39, 0.29) is 18.0 Å². The van der Waals surface area contributed by atoms with E-state index in [1.165, 1.54) is 12.2 Å². The summed E-state index contributed by atoms with van der Waals surface area (Å²) in [5.74, 6) is 1.99. The first-order chi connectivity index (χ1) is 16.0. The van der Waals surface area contributed by atoms with Crippen LogP contribution in [0.5, 0.6) is 23.0 Å². The number of benzene rings is 2. The van der Waals surface area contributed by atoms with Gasteiger partial charge in [-0.05, 0) is 47.5 Å². The van der Waals surface area contributed by atoms with Crippen LogP contribution in [0.25, 0.3) is 12.2 Å². The van der Waals surface area contributed by atoms with E-state index in [0.717, 1.165) is 11.1 Å². The van der Waals surface area contributed by atoms with Gasteiger partial charge in [-0.1, -0.05) is 48.6 Å². The smallest absolute Gasteiger partial charge is 0.163 e. The molecule has 0 atom stereocenters. The van der Waals surface area contributed by atoms with Crippen LogP contribution in [0.3, 0.4) is 0 Å². The predicted molar refractivity (Wildman–Crippen MR) is 130 cm³/mol. The highest BCUT2D eigenvalue weighted by Crippen LogP contribution is 2.28. The number of rotatable bonds is 12. The van der Waals surface area contributed by atoms with Crippen LogP contribution < -0.4 is 18.9 Å². The van der Waals surface area contributed by atoms with Crippen LogP contribution in [-0.4, -0.2) is 40.0 Å². The van der Waals surface area contributed by atoms with Crippen molar-refractivity contribution in [1.82, 2.24) is 0 Å². The third kappa shape index (κ3) is 8.18. The zero-order chi connectivity index (χ0) is 24.1. The molecule has 0 saturated heterocycles. The minimum absolute atomic E-state index is 0.193. The van der Waals surface area contributed by atoms with E-state index in [4.69, 9.17) is 18.9 Å². The standard InChI is InChI=1S/C27H28O6/c1-30-24-15-13-20(17-26(24)32-3)9-5-7-11-22(28)19-23(29)12-8-6-10-21-14-16-25(31-2)27(18-21)33-4/h5-18H,19H2,1-4H3. The summed E-state index contributed by atoms with van der Waals surface area (Å²) in [7, 11) is 6.29. The molecule has 172 valence electrons. The fourth-order valence-corrected chi connectivity index (χ4v) is 2.86. The van der Waals surface area contributed by atoms with Crippen LogP contribution in [0.2, 0.25) is 0 Å². The van der Waals surface area contributed by atoms with Gasteiger partial charge in [0.2, 0.25) is 0 Å². The van der Waals surface area contributed by atoms with Gasteiger partial charge >= 0.3 is 0 Å². The summed E-state index contributed by atoms with van der Waals surface area (Å²) in [4.78, 5) is 24.0. The monoisotopic (exact) mass is 448 g/mol. The van der Waals surface area contributed by atoms with E-state index in [0.29, 0.717) is 23.0 Å². The minimum Gasteiger partial charge on any atom is -0.493 e. The van der Waals surface area contributed by atoms with Gasteiger partial charge < -0.3 is 18.9 Å². The SMILES string of the molecule is COc1ccc(C=CC=CC(=O)CC(=O)C=CC=Cc2ccc(OC)c(OC)c2)cc1OC. The Labute approximate surface area is 194 Å². The molecule has 0 saturated carbocycles. The average molecular weight is 449 g/mol. The molecule has 6 heteroatoms. The quantitative estimate of drug-likeness (QED) is 0.256. The van der Waals surface area contributed by atoms with Crippen LogP contribution in [0.15, 0.2) is 72.9 Å². The summed E-state index contributed by atoms with van der Waals surface area (Å²) in [5, 5.41) is 0. The molecule has 0 bridgehead atoms. The summed E-state index contributed by atoms with van der Waals surface area (Å²) in [6, 6.07) is 11.0. The zero-order valence-electron chi connectivity index (χ0n) is 19.2. The van der Waals surface area contributed by atoms with Crippen molar-refractivity contribution in [2.75, 3.05) is 28.4 Å². The van der Waals surface area contributed by atoms with Crippen LogP contribution in [0, 0.1) is 0 Å². The van der Waals surface area contributed by atoms with Gasteiger partial charge in [-0.15, -0.1) is 0 Å². The van der Waals surface area contributed by atoms with Crippen molar-refractivity contribution < 1.29 is 28.5 Å². The number of ketones is 2. The Kier molecular flexibility index (Phi) is 10.2. The zero-order valence-corrected chi connectivity index (χ0v) is 19.2. The Morgan fingerprint density at radius 1 is 0.606 bits per heavy atom. The highest BCUT2D eigenvalue weighted by molar-refractivity contribution is 6.08. The van der Waals surface area contributed by atoms with Crippen molar-refractivity contribution >= 4 is 23.7 Å². The number of allylic oxidation sites excluding steroid dienone is 6. The van der Waals surface area contributed by atoms with Crippen molar-refractivity contribution in [3.63, 3.8) is 0 Å². The number of hydrogen-bond acceptors (Lipinski definition) is 6. The van der Waals surface area contributed by atoms with Crippen LogP contribution in [-0.2, 0) is 9.59 Å². The van der Waals surface area contributed by atoms with Crippen molar-refractivity contribution in [2.24, 2.45) is 0 Å². The van der Waals surface area contributed by atoms with Crippen molar-refractivity contribution in [3.8, 4) is 23.0 Å². The summed E-state index contributed by atoms with van der Waals surface area (Å²) >= 11 is 0. The molecule has 2 aromatic rings. The molecule has 0 aliphatic heterocycles. The molecule has 0 amide bonds. The minimum atomic E-state index is -0.273. The summed E-state index contributed by atoms with van der Waals surface area (Å²) < 4.78 is 20.9. The Hall–Kier alpha value is -4.06. The lowest BCUT2D eigenvalue weighted by atomic mass is 10.1. The van der Waals surface area contributed by atoms with E-state index in [1.54, 1.807) is 64.9 Å². The second-order valence-corrected chi connectivity index (χ2v) is 6.77. The molecule has 0 aromatic heterocycles. The van der Waals surface area contributed by atoms with Gasteiger partial charge in [0, 0.05) is 0 Å². The maximum Gasteiger partial charge on any atom is 0.163 e. The molecule has 0 aliphatic rings. The van der Waals surface area contributed by atoms with Gasteiger partial charge in [-0.25, -0.2) is 0 Å². The fourth-order valence-electron chi connectivity index (χ4n) is 2.86. The number of carbonyl (C=O) groups excluding carboxylic acids is 2. The number of hydrogen-bond donors (Lipinski definition) is 0. The summed E-state index contributed by atoms with van der Waals surface area (Å²) in [6.07, 6.45) is 12.9. The van der Waals surface area contributed by atoms with Gasteiger partial charge in [-0.3, -0.25) is 9.59 Å². The van der Waals surface area contributed by atoms with Gasteiger partial charge in [0.05, 0.1) is 34.9 Å². The Balaban J connectivity index is 1.84. The molecule has 2 aromatic carbocycles. The molecular weight excluding hydrogens is 420 g/mol. The van der Waals surface area contributed by atoms with Crippen LogP contribution in [0.1, 0.15) is 17.5 Å². The molecule has 6 nitrogen and oxygen atoms in total. The molecule has 0 aliphatic carbocycles. The molecule has 0 radical (unpaired) electrons. The molecule has 0 spiro atoms. The fraction of sp³-hybridized carbons (Fsp3) is 0.185. The number of methoxy groups -OCH3 is 4. The first kappa shape index (κ1) is 25.2. The molecular formula is C27H28O6. The highest BCUT2D eigenvalue weighted by atomic mass is 16.5. The first-order valence-corrected chi connectivity index (χ1v) is 10.2. The lowest BCUT2D eigenvalue weighted by molar-refractivity contribution is -0.121. The number of carbonyl (C=O) groups is 2. The predicted octanol–water partition coefficient (Wildman–Crippen LogP) is 5.09. The molecule has 0 fully saturated rings. The van der Waals surface area contributed by atoms with E-state index >= 15 is 0 Å². The van der Waals surface area contributed by atoms with E-state index in [1.807, 2.05) is 36.4 Å². The third-order valence-electron chi connectivity index (χ3n) is 4.53. The Bertz CT molecular complexity index is 991. The molecule has 0 unspecified atom stereocenters. The molecule has 0 heterocycles. The van der Waals surface area contributed by atoms with Gasteiger partial charge in [-0.2, -0.15) is 0 Å².